The van der Waals surface area contributed by atoms with Crippen molar-refractivity contribution in [3.8, 4) is 0 Å². The highest BCUT2D eigenvalue weighted by Crippen LogP contribution is 2.19. The number of nitrogens with one attached hydrogen (secondary N) is 2. The van der Waals surface area contributed by atoms with Gasteiger partial charge in [0.2, 0.25) is 0 Å². The van der Waals surface area contributed by atoms with Gasteiger partial charge < -0.3 is 10.6 Å². The number of benzene rings is 1. The minimum atomic E-state index is -0.171. The Balaban J connectivity index is 2.21. The van der Waals surface area contributed by atoms with Crippen molar-refractivity contribution in [2.75, 3.05) is 11.9 Å². The van der Waals surface area contributed by atoms with E-state index in [4.69, 9.17) is 11.6 Å². The largest absolute Gasteiger partial charge is 0.338 e. The van der Waals surface area contributed by atoms with E-state index >= 15 is 0 Å². The first-order valence-electron chi connectivity index (χ1n) is 6.94. The number of amides is 2. The van der Waals surface area contributed by atoms with Gasteiger partial charge in [-0.2, -0.15) is 0 Å². The van der Waals surface area contributed by atoms with Crippen molar-refractivity contribution >= 4 is 23.3 Å². The van der Waals surface area contributed by atoms with Crippen LogP contribution in [0.25, 0.3) is 0 Å². The molecule has 0 aliphatic carbocycles. The van der Waals surface area contributed by atoms with Gasteiger partial charge in [0.05, 0.1) is 0 Å². The fraction of sp³-hybridized carbons (Fsp3) is 0.533. The molecule has 0 unspecified atom stereocenters. The van der Waals surface area contributed by atoms with Crippen LogP contribution in [0.1, 0.15) is 44.6 Å². The summed E-state index contributed by atoms with van der Waals surface area (Å²) in [6.45, 7) is 4.84. The van der Waals surface area contributed by atoms with Gasteiger partial charge in [0, 0.05) is 17.3 Å². The van der Waals surface area contributed by atoms with Crippen LogP contribution in [0.4, 0.5) is 10.5 Å². The molecule has 19 heavy (non-hydrogen) atoms. The lowest BCUT2D eigenvalue weighted by Gasteiger charge is -2.08. The number of carbonyl (C=O) groups is 1. The molecule has 0 atom stereocenters. The Morgan fingerprint density at radius 3 is 2.63 bits per heavy atom. The van der Waals surface area contributed by atoms with Gasteiger partial charge >= 0.3 is 6.03 Å². The zero-order valence-corrected chi connectivity index (χ0v) is 12.5. The van der Waals surface area contributed by atoms with Crippen LogP contribution < -0.4 is 10.6 Å². The van der Waals surface area contributed by atoms with E-state index in [-0.39, 0.29) is 6.03 Å². The van der Waals surface area contributed by atoms with Crippen LogP contribution in [-0.2, 0) is 0 Å². The Labute approximate surface area is 120 Å². The molecule has 106 valence electrons. The maximum absolute atomic E-state index is 11.6. The molecule has 0 bridgehead atoms. The molecule has 1 rings (SSSR count). The van der Waals surface area contributed by atoms with Crippen LogP contribution in [0.2, 0.25) is 5.02 Å². The maximum Gasteiger partial charge on any atom is 0.319 e. The number of aryl methyl sites for hydroxylation is 1. The average molecular weight is 283 g/mol. The molecule has 2 amide bonds. The molecular weight excluding hydrogens is 260 g/mol. The number of carbonyl (C=O) groups excluding carboxylic acids is 1. The summed E-state index contributed by atoms with van der Waals surface area (Å²) in [5.74, 6) is 0. The van der Waals surface area contributed by atoms with Crippen molar-refractivity contribution < 1.29 is 4.79 Å². The van der Waals surface area contributed by atoms with Crippen molar-refractivity contribution in [3.63, 3.8) is 0 Å². The fourth-order valence-corrected chi connectivity index (χ4v) is 1.96. The van der Waals surface area contributed by atoms with Crippen LogP contribution in [-0.4, -0.2) is 12.6 Å². The molecule has 0 saturated heterocycles. The Morgan fingerprint density at radius 1 is 1.21 bits per heavy atom. The highest BCUT2D eigenvalue weighted by Gasteiger charge is 2.02. The third kappa shape index (κ3) is 6.48. The smallest absolute Gasteiger partial charge is 0.319 e. The normalized spacial score (nSPS) is 10.3. The monoisotopic (exact) mass is 282 g/mol. The second-order valence-electron chi connectivity index (χ2n) is 4.76. The average Bonchev–Trinajstić information content (AvgIpc) is 2.38. The summed E-state index contributed by atoms with van der Waals surface area (Å²) < 4.78 is 0. The summed E-state index contributed by atoms with van der Waals surface area (Å²) in [5, 5.41) is 6.29. The molecule has 0 aromatic heterocycles. The Bertz CT molecular complexity index is 407. The summed E-state index contributed by atoms with van der Waals surface area (Å²) in [6.07, 6.45) is 5.95. The van der Waals surface area contributed by atoms with Gasteiger partial charge in [-0.05, 0) is 31.0 Å². The summed E-state index contributed by atoms with van der Waals surface area (Å²) in [4.78, 5) is 11.6. The zero-order chi connectivity index (χ0) is 14.1. The molecule has 0 spiro atoms. The number of hydrogen-bond acceptors (Lipinski definition) is 1. The molecule has 0 radical (unpaired) electrons. The second kappa shape index (κ2) is 8.81. The fourth-order valence-electron chi connectivity index (χ4n) is 1.78. The van der Waals surface area contributed by atoms with Crippen LogP contribution >= 0.6 is 11.6 Å². The number of unbranched alkanes of at least 4 members (excludes halogenated alkanes) is 4. The van der Waals surface area contributed by atoms with E-state index in [0.29, 0.717) is 5.02 Å². The lowest BCUT2D eigenvalue weighted by Crippen LogP contribution is -2.29. The first kappa shape index (κ1) is 15.8. The lowest BCUT2D eigenvalue weighted by atomic mass is 10.1. The topological polar surface area (TPSA) is 41.1 Å². The van der Waals surface area contributed by atoms with E-state index in [1.54, 1.807) is 6.07 Å². The van der Waals surface area contributed by atoms with Crippen molar-refractivity contribution in [2.45, 2.75) is 46.0 Å². The predicted molar refractivity (Wildman–Crippen MR) is 82.0 cm³/mol. The van der Waals surface area contributed by atoms with Gasteiger partial charge in [0.1, 0.15) is 0 Å². The van der Waals surface area contributed by atoms with E-state index in [0.717, 1.165) is 24.2 Å². The van der Waals surface area contributed by atoms with Gasteiger partial charge in [0.25, 0.3) is 0 Å². The number of urea groups is 1. The molecule has 1 aromatic carbocycles. The number of anilines is 1. The third-order valence-corrected chi connectivity index (χ3v) is 3.40. The van der Waals surface area contributed by atoms with Gasteiger partial charge in [-0.15, -0.1) is 0 Å². The molecule has 0 saturated carbocycles. The Morgan fingerprint density at radius 2 is 1.95 bits per heavy atom. The van der Waals surface area contributed by atoms with Gasteiger partial charge in [0.15, 0.2) is 0 Å². The minimum absolute atomic E-state index is 0.171. The standard InChI is InChI=1S/C15H23ClN2O/c1-3-4-5-6-7-10-17-15(19)18-13-9-8-12(2)14(16)11-13/h8-9,11H,3-7,10H2,1-2H3,(H2,17,18,19). The number of hydrogen-bond donors (Lipinski definition) is 2. The molecule has 0 aliphatic rings. The Hall–Kier alpha value is -1.22. The highest BCUT2D eigenvalue weighted by atomic mass is 35.5. The van der Waals surface area contributed by atoms with E-state index in [1.807, 2.05) is 19.1 Å². The van der Waals surface area contributed by atoms with Gasteiger partial charge in [-0.25, -0.2) is 4.79 Å². The van der Waals surface area contributed by atoms with E-state index in [1.165, 1.54) is 25.7 Å². The van der Waals surface area contributed by atoms with E-state index in [2.05, 4.69) is 17.6 Å². The number of rotatable bonds is 7. The van der Waals surface area contributed by atoms with Crippen LogP contribution in [0.3, 0.4) is 0 Å². The molecule has 0 fully saturated rings. The van der Waals surface area contributed by atoms with Crippen LogP contribution in [0, 0.1) is 6.92 Å². The summed E-state index contributed by atoms with van der Waals surface area (Å²) >= 11 is 6.00. The second-order valence-corrected chi connectivity index (χ2v) is 5.17. The van der Waals surface area contributed by atoms with E-state index in [9.17, 15) is 4.79 Å². The summed E-state index contributed by atoms with van der Waals surface area (Å²) in [7, 11) is 0. The first-order valence-corrected chi connectivity index (χ1v) is 7.32. The molecule has 3 nitrogen and oxygen atoms in total. The summed E-state index contributed by atoms with van der Waals surface area (Å²) in [6, 6.07) is 5.33. The molecule has 0 heterocycles. The van der Waals surface area contributed by atoms with Crippen LogP contribution in [0.15, 0.2) is 18.2 Å². The highest BCUT2D eigenvalue weighted by molar-refractivity contribution is 6.31. The third-order valence-electron chi connectivity index (χ3n) is 3.00. The van der Waals surface area contributed by atoms with Crippen molar-refractivity contribution in [1.82, 2.24) is 5.32 Å². The molecule has 0 aliphatic heterocycles. The van der Waals surface area contributed by atoms with E-state index < -0.39 is 0 Å². The maximum atomic E-state index is 11.6. The first-order chi connectivity index (χ1) is 9.13. The molecule has 1 aromatic rings. The zero-order valence-electron chi connectivity index (χ0n) is 11.8. The van der Waals surface area contributed by atoms with Crippen molar-refractivity contribution in [1.29, 1.82) is 0 Å². The Kier molecular flexibility index (Phi) is 7.34. The van der Waals surface area contributed by atoms with Crippen molar-refractivity contribution in [3.05, 3.63) is 28.8 Å². The summed E-state index contributed by atoms with van der Waals surface area (Å²) in [5.41, 5.74) is 1.72. The lowest BCUT2D eigenvalue weighted by molar-refractivity contribution is 0.252. The number of halogens is 1. The minimum Gasteiger partial charge on any atom is -0.338 e. The van der Waals surface area contributed by atoms with Gasteiger partial charge in [-0.3, -0.25) is 0 Å². The molecule has 2 N–H and O–H groups in total. The van der Waals surface area contributed by atoms with Crippen molar-refractivity contribution in [2.24, 2.45) is 0 Å². The quantitative estimate of drug-likeness (QED) is 0.697. The predicted octanol–water partition coefficient (Wildman–Crippen LogP) is 4.74. The molecule has 4 heteroatoms. The molecular formula is C15H23ClN2O. The van der Waals surface area contributed by atoms with Gasteiger partial charge in [-0.1, -0.05) is 50.3 Å². The van der Waals surface area contributed by atoms with Crippen LogP contribution in [0.5, 0.6) is 0 Å². The SMILES string of the molecule is CCCCCCCNC(=O)Nc1ccc(C)c(Cl)c1.